The normalized spacial score (nSPS) is 22.1. The van der Waals surface area contributed by atoms with Crippen molar-refractivity contribution in [1.82, 2.24) is 15.2 Å². The molecule has 3 nitrogen and oxygen atoms in total. The fourth-order valence-corrected chi connectivity index (χ4v) is 2.60. The summed E-state index contributed by atoms with van der Waals surface area (Å²) in [5.41, 5.74) is 1.28. The van der Waals surface area contributed by atoms with E-state index < -0.39 is 0 Å². The van der Waals surface area contributed by atoms with Crippen LogP contribution in [0.4, 0.5) is 0 Å². The molecule has 0 saturated carbocycles. The van der Waals surface area contributed by atoms with Gasteiger partial charge in [-0.05, 0) is 57.8 Å². The largest absolute Gasteiger partial charge is 0.310 e. The molecule has 0 amide bonds. The Morgan fingerprint density at radius 3 is 3.00 bits per heavy atom. The van der Waals surface area contributed by atoms with Crippen LogP contribution in [-0.4, -0.2) is 35.1 Å². The molecule has 1 aromatic rings. The van der Waals surface area contributed by atoms with Gasteiger partial charge in [0.2, 0.25) is 0 Å². The van der Waals surface area contributed by atoms with Gasteiger partial charge in [-0.2, -0.15) is 0 Å². The van der Waals surface area contributed by atoms with Crippen LogP contribution in [0.3, 0.4) is 0 Å². The topological polar surface area (TPSA) is 28.2 Å². The highest BCUT2D eigenvalue weighted by Crippen LogP contribution is 2.13. The Hall–Kier alpha value is -0.930. The summed E-state index contributed by atoms with van der Waals surface area (Å²) >= 11 is 0. The highest BCUT2D eigenvalue weighted by Gasteiger charge is 2.17. The number of aromatic nitrogens is 1. The third-order valence-electron chi connectivity index (χ3n) is 3.81. The molecule has 1 aliphatic rings. The second-order valence-electron chi connectivity index (χ2n) is 5.50. The molecule has 100 valence electrons. The molecule has 1 aliphatic heterocycles. The molecular formula is C15H25N3. The summed E-state index contributed by atoms with van der Waals surface area (Å²) in [6.45, 7) is 8.01. The van der Waals surface area contributed by atoms with Crippen LogP contribution in [-0.2, 0) is 6.54 Å². The molecule has 0 aliphatic carbocycles. The molecule has 0 bridgehead atoms. The van der Waals surface area contributed by atoms with E-state index >= 15 is 0 Å². The average molecular weight is 247 g/mol. The first-order valence-electron chi connectivity index (χ1n) is 7.12. The van der Waals surface area contributed by atoms with E-state index in [0.29, 0.717) is 12.1 Å². The summed E-state index contributed by atoms with van der Waals surface area (Å²) in [5, 5.41) is 3.67. The van der Waals surface area contributed by atoms with E-state index in [-0.39, 0.29) is 0 Å². The highest BCUT2D eigenvalue weighted by atomic mass is 15.1. The van der Waals surface area contributed by atoms with Crippen LogP contribution in [0.5, 0.6) is 0 Å². The molecule has 0 spiro atoms. The zero-order valence-electron chi connectivity index (χ0n) is 11.6. The summed E-state index contributed by atoms with van der Waals surface area (Å²) in [5.74, 6) is 0. The fourth-order valence-electron chi connectivity index (χ4n) is 2.60. The molecule has 1 saturated heterocycles. The number of hydrogen-bond acceptors (Lipinski definition) is 3. The maximum atomic E-state index is 4.15. The van der Waals surface area contributed by atoms with Crippen molar-refractivity contribution >= 4 is 0 Å². The van der Waals surface area contributed by atoms with Gasteiger partial charge < -0.3 is 10.2 Å². The molecule has 0 radical (unpaired) electrons. The van der Waals surface area contributed by atoms with E-state index in [1.54, 1.807) is 0 Å². The summed E-state index contributed by atoms with van der Waals surface area (Å²) in [4.78, 5) is 6.74. The van der Waals surface area contributed by atoms with Crippen LogP contribution in [0, 0.1) is 0 Å². The average Bonchev–Trinajstić information content (AvgIpc) is 2.63. The molecule has 3 heteroatoms. The van der Waals surface area contributed by atoms with Gasteiger partial charge in [0.1, 0.15) is 0 Å². The molecule has 0 aromatic carbocycles. The van der Waals surface area contributed by atoms with Crippen molar-refractivity contribution in [2.45, 2.75) is 51.7 Å². The van der Waals surface area contributed by atoms with Gasteiger partial charge in [-0.15, -0.1) is 0 Å². The van der Waals surface area contributed by atoms with Crippen LogP contribution in [0.15, 0.2) is 24.5 Å². The first-order chi connectivity index (χ1) is 8.75. The Bertz CT molecular complexity index is 337. The zero-order valence-corrected chi connectivity index (χ0v) is 11.6. The van der Waals surface area contributed by atoms with Gasteiger partial charge >= 0.3 is 0 Å². The Labute approximate surface area is 111 Å². The number of nitrogens with one attached hydrogen (secondary N) is 1. The second-order valence-corrected chi connectivity index (χ2v) is 5.50. The summed E-state index contributed by atoms with van der Waals surface area (Å²) in [6.07, 6.45) is 7.64. The number of hydrogen-bond donors (Lipinski definition) is 1. The Morgan fingerprint density at radius 1 is 1.39 bits per heavy atom. The molecule has 1 aromatic heterocycles. The Kier molecular flexibility index (Phi) is 5.14. The lowest BCUT2D eigenvalue weighted by molar-refractivity contribution is 0.229. The third kappa shape index (κ3) is 4.07. The molecule has 1 unspecified atom stereocenters. The van der Waals surface area contributed by atoms with Crippen LogP contribution in [0.1, 0.15) is 38.7 Å². The second kappa shape index (κ2) is 6.86. The van der Waals surface area contributed by atoms with E-state index in [1.807, 2.05) is 18.5 Å². The maximum absolute atomic E-state index is 4.15. The van der Waals surface area contributed by atoms with Crippen molar-refractivity contribution in [2.24, 2.45) is 0 Å². The lowest BCUT2D eigenvalue weighted by Gasteiger charge is -2.24. The molecule has 2 rings (SSSR count). The van der Waals surface area contributed by atoms with Crippen molar-refractivity contribution in [3.05, 3.63) is 30.1 Å². The third-order valence-corrected chi connectivity index (χ3v) is 3.81. The predicted molar refractivity (Wildman–Crippen MR) is 75.4 cm³/mol. The van der Waals surface area contributed by atoms with E-state index in [0.717, 1.165) is 6.54 Å². The van der Waals surface area contributed by atoms with Crippen molar-refractivity contribution in [2.75, 3.05) is 13.1 Å². The van der Waals surface area contributed by atoms with Gasteiger partial charge in [-0.3, -0.25) is 4.98 Å². The van der Waals surface area contributed by atoms with Gasteiger partial charge in [0, 0.05) is 31.0 Å². The summed E-state index contributed by atoms with van der Waals surface area (Å²) in [6, 6.07) is 5.48. The number of rotatable bonds is 4. The standard InChI is InChI=1S/C15H25N3/c1-13(2)18-9-4-6-15(7-10-18)17-12-14-5-3-8-16-11-14/h3,5,8,11,13,15,17H,4,6-7,9-10,12H2,1-2H3. The number of nitrogens with zero attached hydrogens (tertiary/aromatic N) is 2. The molecule has 1 N–H and O–H groups in total. The Morgan fingerprint density at radius 2 is 2.28 bits per heavy atom. The lowest BCUT2D eigenvalue weighted by Crippen LogP contribution is -2.33. The van der Waals surface area contributed by atoms with Crippen molar-refractivity contribution in [3.63, 3.8) is 0 Å². The molecule has 2 heterocycles. The van der Waals surface area contributed by atoms with E-state index in [4.69, 9.17) is 0 Å². The number of likely N-dealkylation sites (tertiary alicyclic amines) is 1. The van der Waals surface area contributed by atoms with Crippen LogP contribution < -0.4 is 5.32 Å². The summed E-state index contributed by atoms with van der Waals surface area (Å²) < 4.78 is 0. The monoisotopic (exact) mass is 247 g/mol. The SMILES string of the molecule is CC(C)N1CCCC(NCc2cccnc2)CC1. The minimum atomic E-state index is 0.661. The first-order valence-corrected chi connectivity index (χ1v) is 7.12. The highest BCUT2D eigenvalue weighted by molar-refractivity contribution is 5.08. The quantitative estimate of drug-likeness (QED) is 0.885. The minimum absolute atomic E-state index is 0.661. The molecular weight excluding hydrogens is 222 g/mol. The van der Waals surface area contributed by atoms with Gasteiger partial charge in [0.15, 0.2) is 0 Å². The predicted octanol–water partition coefficient (Wildman–Crippen LogP) is 2.43. The fraction of sp³-hybridized carbons (Fsp3) is 0.667. The summed E-state index contributed by atoms with van der Waals surface area (Å²) in [7, 11) is 0. The molecule has 1 fully saturated rings. The van der Waals surface area contributed by atoms with Crippen LogP contribution in [0.25, 0.3) is 0 Å². The number of pyridine rings is 1. The zero-order chi connectivity index (χ0) is 12.8. The first kappa shape index (κ1) is 13.5. The van der Waals surface area contributed by atoms with Crippen LogP contribution in [0.2, 0.25) is 0 Å². The van der Waals surface area contributed by atoms with Gasteiger partial charge in [-0.1, -0.05) is 6.07 Å². The van der Waals surface area contributed by atoms with Gasteiger partial charge in [-0.25, -0.2) is 0 Å². The lowest BCUT2D eigenvalue weighted by atomic mass is 10.1. The molecule has 18 heavy (non-hydrogen) atoms. The minimum Gasteiger partial charge on any atom is -0.310 e. The van der Waals surface area contributed by atoms with Crippen molar-refractivity contribution in [1.29, 1.82) is 0 Å². The van der Waals surface area contributed by atoms with E-state index in [2.05, 4.69) is 35.1 Å². The van der Waals surface area contributed by atoms with Gasteiger partial charge in [0.05, 0.1) is 0 Å². The Balaban J connectivity index is 1.77. The van der Waals surface area contributed by atoms with Gasteiger partial charge in [0.25, 0.3) is 0 Å². The van der Waals surface area contributed by atoms with E-state index in [1.165, 1.54) is 37.9 Å². The smallest absolute Gasteiger partial charge is 0.0312 e. The molecule has 1 atom stereocenters. The van der Waals surface area contributed by atoms with Crippen molar-refractivity contribution < 1.29 is 0 Å². The maximum Gasteiger partial charge on any atom is 0.0312 e. The van der Waals surface area contributed by atoms with Crippen molar-refractivity contribution in [3.8, 4) is 0 Å². The van der Waals surface area contributed by atoms with Crippen LogP contribution >= 0.6 is 0 Å². The van der Waals surface area contributed by atoms with E-state index in [9.17, 15) is 0 Å².